The Morgan fingerprint density at radius 3 is 2.35 bits per heavy atom. The Morgan fingerprint density at radius 2 is 1.75 bits per heavy atom. The van der Waals surface area contributed by atoms with E-state index in [0.29, 0.717) is 27.5 Å². The normalized spacial score (nSPS) is 11.2. The van der Waals surface area contributed by atoms with Gasteiger partial charge in [-0.1, -0.05) is 11.6 Å². The van der Waals surface area contributed by atoms with E-state index in [-0.39, 0.29) is 35.1 Å². The summed E-state index contributed by atoms with van der Waals surface area (Å²) in [5.74, 6) is -2.19. The number of carboxylic acids is 1. The van der Waals surface area contributed by atoms with Crippen molar-refractivity contribution in [2.24, 2.45) is 5.73 Å². The Morgan fingerprint density at radius 1 is 1.05 bits per heavy atom. The summed E-state index contributed by atoms with van der Waals surface area (Å²) in [6.45, 7) is 0.669. The topological polar surface area (TPSA) is 196 Å². The lowest BCUT2D eigenvalue weighted by Gasteiger charge is -2.19. The van der Waals surface area contributed by atoms with E-state index in [4.69, 9.17) is 37.3 Å². The van der Waals surface area contributed by atoms with Gasteiger partial charge in [0.15, 0.2) is 18.1 Å². The van der Waals surface area contributed by atoms with E-state index in [1.807, 2.05) is 0 Å². The van der Waals surface area contributed by atoms with E-state index in [1.165, 1.54) is 32.2 Å². The Hall–Kier alpha value is -4.81. The summed E-state index contributed by atoms with van der Waals surface area (Å²) in [5, 5.41) is 34.9. The van der Waals surface area contributed by atoms with Crippen LogP contribution in [0, 0.1) is 5.41 Å². The predicted octanol–water partition coefficient (Wildman–Crippen LogP) is 3.28. The molecule has 8 N–H and O–H groups in total. The molecular weight excluding hydrogens is 542 g/mol. The molecule has 0 aromatic heterocycles. The van der Waals surface area contributed by atoms with Crippen LogP contribution >= 0.6 is 11.6 Å². The maximum atomic E-state index is 13.1. The number of nitrogen functional groups attached to an aromatic ring is 1. The number of hydrogen-bond donors (Lipinski definition) is 7. The van der Waals surface area contributed by atoms with Crippen molar-refractivity contribution in [1.29, 1.82) is 5.41 Å². The Kier molecular flexibility index (Phi) is 9.90. The van der Waals surface area contributed by atoms with E-state index in [0.717, 1.165) is 0 Å². The molecule has 3 aromatic rings. The monoisotopic (exact) mass is 569 g/mol. The van der Waals surface area contributed by atoms with Crippen LogP contribution in [0.2, 0.25) is 5.02 Å². The number of anilines is 3. The maximum absolute atomic E-state index is 13.1. The SMILES string of the molecule is COc1cc(NC(=O)[C@H](C)O)cc(CNc2ccc(Cl)cc2C(=O)Nc2ccc(C(=N)N)cc2)c1OCC(=O)O. The van der Waals surface area contributed by atoms with E-state index in [2.05, 4.69) is 16.0 Å². The molecular formula is C27H28ClN5O7. The van der Waals surface area contributed by atoms with Crippen molar-refractivity contribution < 1.29 is 34.1 Å². The van der Waals surface area contributed by atoms with E-state index in [1.54, 1.807) is 36.4 Å². The Labute approximate surface area is 234 Å². The van der Waals surface area contributed by atoms with E-state index in [9.17, 15) is 19.5 Å². The van der Waals surface area contributed by atoms with Gasteiger partial charge in [0.05, 0.1) is 12.7 Å². The van der Waals surface area contributed by atoms with Crippen LogP contribution < -0.4 is 31.2 Å². The third kappa shape index (κ3) is 7.85. The molecule has 0 aliphatic rings. The van der Waals surface area contributed by atoms with Crippen molar-refractivity contribution >= 4 is 52.3 Å². The van der Waals surface area contributed by atoms with Crippen LogP contribution in [0.1, 0.15) is 28.4 Å². The largest absolute Gasteiger partial charge is 0.493 e. The molecule has 0 heterocycles. The van der Waals surface area contributed by atoms with Crippen LogP contribution in [-0.4, -0.2) is 53.7 Å². The van der Waals surface area contributed by atoms with Gasteiger partial charge in [0.1, 0.15) is 11.9 Å². The number of halogens is 1. The van der Waals surface area contributed by atoms with Crippen LogP contribution in [0.25, 0.3) is 0 Å². The Bertz CT molecular complexity index is 1430. The molecule has 0 fully saturated rings. The zero-order valence-electron chi connectivity index (χ0n) is 21.6. The second-order valence-electron chi connectivity index (χ2n) is 8.50. The van der Waals surface area contributed by atoms with E-state index >= 15 is 0 Å². The number of aliphatic carboxylic acids is 1. The summed E-state index contributed by atoms with van der Waals surface area (Å²) in [5.41, 5.74) is 7.72. The summed E-state index contributed by atoms with van der Waals surface area (Å²) in [7, 11) is 1.35. The maximum Gasteiger partial charge on any atom is 0.341 e. The number of hydrogen-bond acceptors (Lipinski definition) is 8. The Balaban J connectivity index is 1.91. The number of nitrogens with two attached hydrogens (primary N) is 1. The summed E-state index contributed by atoms with van der Waals surface area (Å²) >= 11 is 6.17. The highest BCUT2D eigenvalue weighted by Gasteiger charge is 2.19. The fraction of sp³-hybridized carbons (Fsp3) is 0.185. The molecule has 0 saturated heterocycles. The van der Waals surface area contributed by atoms with Crippen molar-refractivity contribution in [2.45, 2.75) is 19.6 Å². The number of amidine groups is 1. The molecule has 3 aromatic carbocycles. The minimum atomic E-state index is -1.27. The van der Waals surface area contributed by atoms with Gasteiger partial charge in [-0.25, -0.2) is 4.79 Å². The zero-order chi connectivity index (χ0) is 29.4. The number of aliphatic hydroxyl groups excluding tert-OH is 1. The second kappa shape index (κ2) is 13.3. The van der Waals surface area contributed by atoms with Crippen molar-refractivity contribution in [3.8, 4) is 11.5 Å². The lowest BCUT2D eigenvalue weighted by atomic mass is 10.1. The van der Waals surface area contributed by atoms with Gasteiger partial charge in [-0.2, -0.15) is 0 Å². The molecule has 0 saturated carbocycles. The average Bonchev–Trinajstić information content (AvgIpc) is 2.91. The fourth-order valence-electron chi connectivity index (χ4n) is 3.54. The van der Waals surface area contributed by atoms with Crippen molar-refractivity contribution in [2.75, 3.05) is 29.7 Å². The number of benzene rings is 3. The van der Waals surface area contributed by atoms with Gasteiger partial charge in [0.25, 0.3) is 11.8 Å². The third-order valence-electron chi connectivity index (χ3n) is 5.49. The average molecular weight is 570 g/mol. The number of methoxy groups -OCH3 is 1. The molecule has 2 amide bonds. The first-order valence-electron chi connectivity index (χ1n) is 11.8. The molecule has 12 nitrogen and oxygen atoms in total. The van der Waals surface area contributed by atoms with Crippen molar-refractivity contribution in [1.82, 2.24) is 0 Å². The molecule has 3 rings (SSSR count). The highest BCUT2D eigenvalue weighted by atomic mass is 35.5. The highest BCUT2D eigenvalue weighted by molar-refractivity contribution is 6.31. The molecule has 0 aliphatic carbocycles. The smallest absolute Gasteiger partial charge is 0.341 e. The molecule has 0 aliphatic heterocycles. The van der Waals surface area contributed by atoms with Gasteiger partial charge < -0.3 is 41.4 Å². The molecule has 0 unspecified atom stereocenters. The first-order valence-corrected chi connectivity index (χ1v) is 12.2. The fourth-order valence-corrected chi connectivity index (χ4v) is 3.71. The van der Waals surface area contributed by atoms with Gasteiger partial charge in [-0.15, -0.1) is 0 Å². The lowest BCUT2D eigenvalue weighted by Crippen LogP contribution is -2.24. The summed E-state index contributed by atoms with van der Waals surface area (Å²) in [6.07, 6.45) is -1.27. The molecule has 210 valence electrons. The van der Waals surface area contributed by atoms with Crippen molar-refractivity contribution in [3.63, 3.8) is 0 Å². The van der Waals surface area contributed by atoms with Crippen LogP contribution in [0.3, 0.4) is 0 Å². The molecule has 40 heavy (non-hydrogen) atoms. The predicted molar refractivity (Wildman–Crippen MR) is 151 cm³/mol. The van der Waals surface area contributed by atoms with Crippen molar-refractivity contribution in [3.05, 3.63) is 76.3 Å². The minimum Gasteiger partial charge on any atom is -0.493 e. The second-order valence-corrected chi connectivity index (χ2v) is 8.94. The number of amides is 2. The number of carbonyl (C=O) groups is 3. The number of carbonyl (C=O) groups excluding carboxylic acids is 2. The number of rotatable bonds is 12. The third-order valence-corrected chi connectivity index (χ3v) is 5.72. The zero-order valence-corrected chi connectivity index (χ0v) is 22.3. The molecule has 0 radical (unpaired) electrons. The van der Waals surface area contributed by atoms with E-state index < -0.39 is 30.5 Å². The van der Waals surface area contributed by atoms with Crippen LogP contribution in [0.15, 0.2) is 54.6 Å². The molecule has 0 spiro atoms. The van der Waals surface area contributed by atoms with Gasteiger partial charge in [-0.3, -0.25) is 15.0 Å². The molecule has 0 bridgehead atoms. The standard InChI is InChI=1S/C27H28ClN5O7/c1-14(34)26(37)33-19-9-16(24(22(11-19)39-2)40-13-23(35)36)12-31-21-8-5-17(28)10-20(21)27(38)32-18-6-3-15(4-7-18)25(29)30/h3-11,14,31,34H,12-13H2,1-2H3,(H3,29,30)(H,32,38)(H,33,37)(H,35,36)/t14-/m0/s1. The molecule has 1 atom stereocenters. The van der Waals surface area contributed by atoms with Crippen LogP contribution in [0.5, 0.6) is 11.5 Å². The van der Waals surface area contributed by atoms with Gasteiger partial charge in [0.2, 0.25) is 0 Å². The van der Waals surface area contributed by atoms with Crippen LogP contribution in [-0.2, 0) is 16.1 Å². The number of ether oxygens (including phenoxy) is 2. The number of carboxylic acid groups (broad SMARTS) is 1. The number of aliphatic hydroxyl groups is 1. The summed E-state index contributed by atoms with van der Waals surface area (Å²) in [4.78, 5) is 36.4. The molecule has 13 heteroatoms. The van der Waals surface area contributed by atoms with Gasteiger partial charge >= 0.3 is 5.97 Å². The summed E-state index contributed by atoms with van der Waals surface area (Å²) in [6, 6.07) is 14.0. The first kappa shape index (κ1) is 29.7. The first-order chi connectivity index (χ1) is 19.0. The van der Waals surface area contributed by atoms with Crippen LogP contribution in [0.4, 0.5) is 17.1 Å². The van der Waals surface area contributed by atoms with Gasteiger partial charge in [-0.05, 0) is 55.5 Å². The van der Waals surface area contributed by atoms with Gasteiger partial charge in [0, 0.05) is 45.8 Å². The highest BCUT2D eigenvalue weighted by Crippen LogP contribution is 2.36. The quantitative estimate of drug-likeness (QED) is 0.126. The summed E-state index contributed by atoms with van der Waals surface area (Å²) < 4.78 is 10.8. The number of nitrogens with one attached hydrogen (secondary N) is 4. The lowest BCUT2D eigenvalue weighted by molar-refractivity contribution is -0.139. The minimum absolute atomic E-state index is 0.0128.